The van der Waals surface area contributed by atoms with Crippen LogP contribution >= 0.6 is 15.9 Å². The number of aliphatic hydroxyl groups is 1. The van der Waals surface area contributed by atoms with E-state index in [4.69, 9.17) is 5.11 Å². The summed E-state index contributed by atoms with van der Waals surface area (Å²) in [5, 5.41) is 20.5. The first-order valence-corrected chi connectivity index (χ1v) is 7.06. The maximum atomic E-state index is 11.8. The van der Waals surface area contributed by atoms with Gasteiger partial charge in [-0.3, -0.25) is 4.79 Å². The van der Waals surface area contributed by atoms with E-state index in [0.29, 0.717) is 0 Å². The number of carbonyl (C=O) groups excluding carboxylic acids is 1. The van der Waals surface area contributed by atoms with Gasteiger partial charge in [0.05, 0.1) is 6.10 Å². The Hall–Kier alpha value is -1.40. The van der Waals surface area contributed by atoms with Crippen LogP contribution in [0.1, 0.15) is 31.7 Å². The van der Waals surface area contributed by atoms with Crippen molar-refractivity contribution in [1.29, 1.82) is 0 Å². The molecule has 0 aliphatic heterocycles. The minimum absolute atomic E-state index is 0.0356. The molecule has 20 heavy (non-hydrogen) atoms. The first-order chi connectivity index (χ1) is 9.31. The van der Waals surface area contributed by atoms with Gasteiger partial charge in [0, 0.05) is 10.9 Å². The Bertz CT molecular complexity index is 473. The lowest BCUT2D eigenvalue weighted by atomic mass is 9.97. The first kappa shape index (κ1) is 16.7. The van der Waals surface area contributed by atoms with E-state index < -0.39 is 24.0 Å². The number of benzene rings is 1. The Morgan fingerprint density at radius 3 is 2.25 bits per heavy atom. The molecular weight excluding hydrogens is 326 g/mol. The fourth-order valence-electron chi connectivity index (χ4n) is 1.81. The number of carboxylic acids is 1. The average molecular weight is 344 g/mol. The van der Waals surface area contributed by atoms with Crippen molar-refractivity contribution in [3.05, 3.63) is 34.3 Å². The molecule has 0 aliphatic carbocycles. The van der Waals surface area contributed by atoms with E-state index in [9.17, 15) is 14.7 Å². The highest BCUT2D eigenvalue weighted by Gasteiger charge is 2.25. The molecule has 1 unspecified atom stereocenters. The smallest absolute Gasteiger partial charge is 0.328 e. The van der Waals surface area contributed by atoms with Crippen molar-refractivity contribution >= 4 is 27.8 Å². The fraction of sp³-hybridized carbons (Fsp3) is 0.429. The number of hydrogen-bond acceptors (Lipinski definition) is 3. The summed E-state index contributed by atoms with van der Waals surface area (Å²) in [6.45, 7) is 3.22. The predicted octanol–water partition coefficient (Wildman–Crippen LogP) is 1.89. The second-order valence-corrected chi connectivity index (χ2v) is 5.70. The highest BCUT2D eigenvalue weighted by atomic mass is 79.9. The summed E-state index contributed by atoms with van der Waals surface area (Å²) in [7, 11) is 0. The lowest BCUT2D eigenvalue weighted by molar-refractivity contribution is -0.144. The van der Waals surface area contributed by atoms with Crippen LogP contribution in [0.2, 0.25) is 0 Å². The molecule has 0 aliphatic rings. The molecule has 0 bridgehead atoms. The molecule has 0 aromatic heterocycles. The minimum Gasteiger partial charge on any atom is -0.480 e. The normalized spacial score (nSPS) is 15.2. The Morgan fingerprint density at radius 1 is 1.25 bits per heavy atom. The standard InChI is InChI=1S/C14H18BrNO4/c1-8(10-3-5-11(15)6-4-10)7-12(18)16-13(9(2)17)14(19)20/h3-6,8-9,13,17H,7H2,1-2H3,(H,16,18)(H,19,20)/t8?,9-,13+/m1/s1. The molecule has 5 nitrogen and oxygen atoms in total. The number of aliphatic hydroxyl groups excluding tert-OH is 1. The number of carbonyl (C=O) groups is 2. The summed E-state index contributed by atoms with van der Waals surface area (Å²) in [5.74, 6) is -1.68. The zero-order valence-corrected chi connectivity index (χ0v) is 12.9. The SMILES string of the molecule is CC(CC(=O)N[C@H](C(=O)O)[C@@H](C)O)c1ccc(Br)cc1. The third-order valence-electron chi connectivity index (χ3n) is 3.00. The summed E-state index contributed by atoms with van der Waals surface area (Å²) in [6, 6.07) is 6.32. The zero-order valence-electron chi connectivity index (χ0n) is 11.3. The second kappa shape index (κ2) is 7.40. The zero-order chi connectivity index (χ0) is 15.3. The lowest BCUT2D eigenvalue weighted by Crippen LogP contribution is -2.47. The van der Waals surface area contributed by atoms with Crippen LogP contribution in [-0.4, -0.2) is 34.2 Å². The largest absolute Gasteiger partial charge is 0.480 e. The molecule has 1 rings (SSSR count). The van der Waals surface area contributed by atoms with E-state index in [1.54, 1.807) is 0 Å². The van der Waals surface area contributed by atoms with Crippen LogP contribution in [0.15, 0.2) is 28.7 Å². The van der Waals surface area contributed by atoms with Crippen LogP contribution in [0.25, 0.3) is 0 Å². The third-order valence-corrected chi connectivity index (χ3v) is 3.52. The number of nitrogens with one attached hydrogen (secondary N) is 1. The Kier molecular flexibility index (Phi) is 6.16. The van der Waals surface area contributed by atoms with Crippen LogP contribution in [0.3, 0.4) is 0 Å². The quantitative estimate of drug-likeness (QED) is 0.736. The van der Waals surface area contributed by atoms with E-state index in [-0.39, 0.29) is 12.3 Å². The van der Waals surface area contributed by atoms with Crippen LogP contribution in [0, 0.1) is 0 Å². The highest BCUT2D eigenvalue weighted by Crippen LogP contribution is 2.21. The van der Waals surface area contributed by atoms with E-state index in [0.717, 1.165) is 10.0 Å². The summed E-state index contributed by atoms with van der Waals surface area (Å²) in [5.41, 5.74) is 0.993. The molecule has 6 heteroatoms. The molecule has 0 heterocycles. The molecule has 3 N–H and O–H groups in total. The maximum Gasteiger partial charge on any atom is 0.328 e. The van der Waals surface area contributed by atoms with Crippen molar-refractivity contribution < 1.29 is 19.8 Å². The molecule has 3 atom stereocenters. The van der Waals surface area contributed by atoms with Gasteiger partial charge >= 0.3 is 5.97 Å². The van der Waals surface area contributed by atoms with Crippen molar-refractivity contribution in [1.82, 2.24) is 5.32 Å². The van der Waals surface area contributed by atoms with Crippen molar-refractivity contribution in [2.24, 2.45) is 0 Å². The maximum absolute atomic E-state index is 11.8. The summed E-state index contributed by atoms with van der Waals surface area (Å²) in [4.78, 5) is 22.7. The third kappa shape index (κ3) is 4.94. The Balaban J connectivity index is 2.61. The van der Waals surface area contributed by atoms with E-state index in [1.807, 2.05) is 31.2 Å². The Morgan fingerprint density at radius 2 is 1.80 bits per heavy atom. The minimum atomic E-state index is -1.28. The first-order valence-electron chi connectivity index (χ1n) is 6.27. The highest BCUT2D eigenvalue weighted by molar-refractivity contribution is 9.10. The van der Waals surface area contributed by atoms with Gasteiger partial charge in [0.2, 0.25) is 5.91 Å². The van der Waals surface area contributed by atoms with Gasteiger partial charge in [-0.2, -0.15) is 0 Å². The Labute approximate surface area is 126 Å². The summed E-state index contributed by atoms with van der Waals surface area (Å²) < 4.78 is 0.956. The van der Waals surface area contributed by atoms with Gasteiger partial charge in [-0.05, 0) is 30.5 Å². The van der Waals surface area contributed by atoms with Crippen molar-refractivity contribution in [3.63, 3.8) is 0 Å². The van der Waals surface area contributed by atoms with Crippen molar-refractivity contribution in [3.8, 4) is 0 Å². The van der Waals surface area contributed by atoms with Gasteiger partial charge < -0.3 is 15.5 Å². The fourth-order valence-corrected chi connectivity index (χ4v) is 2.07. The molecule has 1 amide bonds. The molecule has 1 aromatic carbocycles. The number of amides is 1. The van der Waals surface area contributed by atoms with Crippen LogP contribution in [0.4, 0.5) is 0 Å². The van der Waals surface area contributed by atoms with Crippen molar-refractivity contribution in [2.75, 3.05) is 0 Å². The van der Waals surface area contributed by atoms with E-state index in [2.05, 4.69) is 21.2 Å². The number of halogens is 1. The molecule has 0 fully saturated rings. The average Bonchev–Trinajstić information content (AvgIpc) is 2.35. The molecule has 1 aromatic rings. The molecular formula is C14H18BrNO4. The molecule has 0 saturated heterocycles. The van der Waals surface area contributed by atoms with Gasteiger partial charge in [-0.15, -0.1) is 0 Å². The lowest BCUT2D eigenvalue weighted by Gasteiger charge is -2.18. The van der Waals surface area contributed by atoms with E-state index in [1.165, 1.54) is 6.92 Å². The number of aliphatic carboxylic acids is 1. The van der Waals surface area contributed by atoms with Gasteiger partial charge in [0.15, 0.2) is 6.04 Å². The molecule has 110 valence electrons. The van der Waals surface area contributed by atoms with Crippen LogP contribution < -0.4 is 5.32 Å². The molecule has 0 spiro atoms. The van der Waals surface area contributed by atoms with Gasteiger partial charge in [-0.1, -0.05) is 35.0 Å². The second-order valence-electron chi connectivity index (χ2n) is 4.78. The van der Waals surface area contributed by atoms with Crippen molar-refractivity contribution in [2.45, 2.75) is 38.3 Å². The van der Waals surface area contributed by atoms with Crippen LogP contribution in [0.5, 0.6) is 0 Å². The number of rotatable bonds is 6. The van der Waals surface area contributed by atoms with E-state index >= 15 is 0 Å². The topological polar surface area (TPSA) is 86.6 Å². The monoisotopic (exact) mass is 343 g/mol. The van der Waals surface area contributed by atoms with Gasteiger partial charge in [-0.25, -0.2) is 4.79 Å². The summed E-state index contributed by atoms with van der Waals surface area (Å²) >= 11 is 3.34. The van der Waals surface area contributed by atoms with Gasteiger partial charge in [0.1, 0.15) is 0 Å². The predicted molar refractivity (Wildman–Crippen MR) is 78.4 cm³/mol. The van der Waals surface area contributed by atoms with Crippen LogP contribution in [-0.2, 0) is 9.59 Å². The molecule has 0 saturated carbocycles. The summed E-state index contributed by atoms with van der Waals surface area (Å²) in [6.07, 6.45) is -0.975. The number of hydrogen-bond donors (Lipinski definition) is 3. The molecule has 0 radical (unpaired) electrons. The van der Waals surface area contributed by atoms with Gasteiger partial charge in [0.25, 0.3) is 0 Å². The number of carboxylic acid groups (broad SMARTS) is 1.